The number of para-hydroxylation sites is 2. The maximum absolute atomic E-state index is 13.3. The van der Waals surface area contributed by atoms with Crippen molar-refractivity contribution < 1.29 is 18.0 Å². The van der Waals surface area contributed by atoms with Gasteiger partial charge in [0, 0.05) is 11.7 Å². The van der Waals surface area contributed by atoms with E-state index in [0.29, 0.717) is 33.8 Å². The van der Waals surface area contributed by atoms with Crippen LogP contribution in [0.3, 0.4) is 0 Å². The van der Waals surface area contributed by atoms with Crippen LogP contribution in [0.1, 0.15) is 56.0 Å². The average Bonchev–Trinajstić information content (AvgIpc) is 3.07. The number of benzene rings is 2. The van der Waals surface area contributed by atoms with Gasteiger partial charge in [0.2, 0.25) is 0 Å². The van der Waals surface area contributed by atoms with E-state index in [1.165, 1.54) is 16.7 Å². The molecule has 0 saturated carbocycles. The molecule has 184 valence electrons. The SMILES string of the molecule is CC(C)CCCC(C)NC(=O)c1c(N)n(-c2ccc(C(F)(F)F)cc2)c2nc3ccccc3nc12. The molecule has 4 aromatic rings. The lowest BCUT2D eigenvalue weighted by Gasteiger charge is -2.15. The first-order chi connectivity index (χ1) is 16.6. The van der Waals surface area contributed by atoms with Gasteiger partial charge < -0.3 is 11.1 Å². The van der Waals surface area contributed by atoms with E-state index in [9.17, 15) is 18.0 Å². The number of alkyl halides is 3. The van der Waals surface area contributed by atoms with Crippen LogP contribution in [0, 0.1) is 5.92 Å². The predicted octanol–water partition coefficient (Wildman–Crippen LogP) is 6.12. The highest BCUT2D eigenvalue weighted by Gasteiger charge is 2.31. The summed E-state index contributed by atoms with van der Waals surface area (Å²) in [5, 5.41) is 3.00. The monoisotopic (exact) mass is 483 g/mol. The molecule has 0 aliphatic heterocycles. The number of hydrogen-bond donors (Lipinski definition) is 2. The molecule has 0 aliphatic rings. The molecule has 1 atom stereocenters. The molecule has 1 amide bonds. The van der Waals surface area contributed by atoms with Crippen LogP contribution in [0.25, 0.3) is 27.9 Å². The van der Waals surface area contributed by atoms with Crippen molar-refractivity contribution >= 4 is 33.9 Å². The molecule has 2 aromatic heterocycles. The third-order valence-corrected chi connectivity index (χ3v) is 5.97. The maximum atomic E-state index is 13.3. The highest BCUT2D eigenvalue weighted by atomic mass is 19.4. The molecule has 2 heterocycles. The average molecular weight is 484 g/mol. The van der Waals surface area contributed by atoms with Gasteiger partial charge in [0.05, 0.1) is 16.6 Å². The summed E-state index contributed by atoms with van der Waals surface area (Å²) in [6.07, 6.45) is -1.61. The van der Waals surface area contributed by atoms with Crippen molar-refractivity contribution in [2.45, 2.75) is 52.3 Å². The zero-order valence-electron chi connectivity index (χ0n) is 19.9. The molecule has 0 spiro atoms. The summed E-state index contributed by atoms with van der Waals surface area (Å²) in [6.45, 7) is 6.25. The summed E-state index contributed by atoms with van der Waals surface area (Å²) in [5.74, 6) is 0.264. The number of halogens is 3. The first kappa shape index (κ1) is 24.5. The van der Waals surface area contributed by atoms with Gasteiger partial charge in [-0.15, -0.1) is 0 Å². The molecule has 35 heavy (non-hydrogen) atoms. The van der Waals surface area contributed by atoms with Gasteiger partial charge in [-0.05, 0) is 55.7 Å². The van der Waals surface area contributed by atoms with E-state index in [2.05, 4.69) is 29.1 Å². The molecule has 9 heteroatoms. The summed E-state index contributed by atoms with van der Waals surface area (Å²) in [7, 11) is 0. The Bertz CT molecular complexity index is 1360. The fourth-order valence-electron chi connectivity index (χ4n) is 4.15. The summed E-state index contributed by atoms with van der Waals surface area (Å²) in [5.41, 5.74) is 7.96. The number of carbonyl (C=O) groups excluding carboxylic acids is 1. The van der Waals surface area contributed by atoms with Crippen molar-refractivity contribution in [2.75, 3.05) is 5.73 Å². The largest absolute Gasteiger partial charge is 0.416 e. The van der Waals surface area contributed by atoms with Crippen LogP contribution >= 0.6 is 0 Å². The number of aromatic nitrogens is 3. The number of amides is 1. The Morgan fingerprint density at radius 1 is 1.00 bits per heavy atom. The second kappa shape index (κ2) is 9.56. The molecular formula is C26H28F3N5O. The molecular weight excluding hydrogens is 455 g/mol. The Hall–Kier alpha value is -3.62. The zero-order chi connectivity index (χ0) is 25.3. The molecule has 6 nitrogen and oxygen atoms in total. The summed E-state index contributed by atoms with van der Waals surface area (Å²) < 4.78 is 40.7. The van der Waals surface area contributed by atoms with E-state index in [1.807, 2.05) is 19.1 Å². The van der Waals surface area contributed by atoms with Gasteiger partial charge in [-0.3, -0.25) is 9.36 Å². The van der Waals surface area contributed by atoms with Crippen LogP contribution in [-0.2, 0) is 6.18 Å². The Morgan fingerprint density at radius 2 is 1.63 bits per heavy atom. The minimum Gasteiger partial charge on any atom is -0.384 e. The van der Waals surface area contributed by atoms with Crippen LogP contribution in [0.15, 0.2) is 48.5 Å². The van der Waals surface area contributed by atoms with Crippen LogP contribution < -0.4 is 11.1 Å². The van der Waals surface area contributed by atoms with Gasteiger partial charge in [0.1, 0.15) is 16.9 Å². The van der Waals surface area contributed by atoms with Crippen molar-refractivity contribution in [1.29, 1.82) is 0 Å². The lowest BCUT2D eigenvalue weighted by atomic mass is 10.0. The van der Waals surface area contributed by atoms with Gasteiger partial charge in [-0.1, -0.05) is 38.8 Å². The molecule has 0 aliphatic carbocycles. The molecule has 3 N–H and O–H groups in total. The lowest BCUT2D eigenvalue weighted by Crippen LogP contribution is -2.33. The van der Waals surface area contributed by atoms with Gasteiger partial charge in [0.25, 0.3) is 5.91 Å². The second-order valence-corrected chi connectivity index (χ2v) is 9.22. The third-order valence-electron chi connectivity index (χ3n) is 5.97. The number of carbonyl (C=O) groups is 1. The highest BCUT2D eigenvalue weighted by Crippen LogP contribution is 2.33. The summed E-state index contributed by atoms with van der Waals surface area (Å²) in [4.78, 5) is 22.6. The Labute approximate surface area is 201 Å². The minimum atomic E-state index is -4.46. The van der Waals surface area contributed by atoms with Crippen LogP contribution in [0.5, 0.6) is 0 Å². The summed E-state index contributed by atoms with van der Waals surface area (Å²) in [6, 6.07) is 11.7. The van der Waals surface area contributed by atoms with Crippen molar-refractivity contribution in [3.05, 3.63) is 59.7 Å². The van der Waals surface area contributed by atoms with Crippen LogP contribution in [-0.4, -0.2) is 26.5 Å². The molecule has 0 fully saturated rings. The quantitative estimate of drug-likeness (QED) is 0.332. The number of rotatable bonds is 7. The van der Waals surface area contributed by atoms with E-state index in [0.717, 1.165) is 31.4 Å². The van der Waals surface area contributed by atoms with E-state index < -0.39 is 11.7 Å². The Balaban J connectivity index is 1.79. The fraction of sp³-hybridized carbons (Fsp3) is 0.346. The molecule has 4 rings (SSSR count). The number of nitrogen functional groups attached to an aromatic ring is 1. The predicted molar refractivity (Wildman–Crippen MR) is 131 cm³/mol. The van der Waals surface area contributed by atoms with Crippen LogP contribution in [0.4, 0.5) is 19.0 Å². The molecule has 0 radical (unpaired) electrons. The highest BCUT2D eigenvalue weighted by molar-refractivity contribution is 6.11. The van der Waals surface area contributed by atoms with Crippen LogP contribution in [0.2, 0.25) is 0 Å². The topological polar surface area (TPSA) is 85.8 Å². The molecule has 0 saturated heterocycles. The Morgan fingerprint density at radius 3 is 2.23 bits per heavy atom. The van der Waals surface area contributed by atoms with Gasteiger partial charge >= 0.3 is 6.18 Å². The van der Waals surface area contributed by atoms with Crippen molar-refractivity contribution in [2.24, 2.45) is 5.92 Å². The molecule has 1 unspecified atom stereocenters. The minimum absolute atomic E-state index is 0.0712. The van der Waals surface area contributed by atoms with E-state index in [1.54, 1.807) is 12.1 Å². The van der Waals surface area contributed by atoms with Crippen molar-refractivity contribution in [1.82, 2.24) is 19.9 Å². The van der Waals surface area contributed by atoms with Gasteiger partial charge in [-0.25, -0.2) is 9.97 Å². The number of fused-ring (bicyclic) bond motifs is 2. The zero-order valence-corrected chi connectivity index (χ0v) is 19.9. The third kappa shape index (κ3) is 5.08. The number of nitrogens with one attached hydrogen (secondary N) is 1. The van der Waals surface area contributed by atoms with Crippen molar-refractivity contribution in [3.8, 4) is 5.69 Å². The van der Waals surface area contributed by atoms with Gasteiger partial charge in [0.15, 0.2) is 5.65 Å². The molecule has 2 aromatic carbocycles. The Kier molecular flexibility index (Phi) is 6.69. The number of anilines is 1. The molecule has 0 bridgehead atoms. The first-order valence-corrected chi connectivity index (χ1v) is 11.6. The van der Waals surface area contributed by atoms with E-state index in [-0.39, 0.29) is 23.3 Å². The van der Waals surface area contributed by atoms with E-state index in [4.69, 9.17) is 5.73 Å². The fourth-order valence-corrected chi connectivity index (χ4v) is 4.15. The maximum Gasteiger partial charge on any atom is 0.416 e. The standard InChI is InChI=1S/C26H28F3N5O/c1-15(2)7-6-8-16(3)31-25(35)21-22-24(33-20-10-5-4-9-19(20)32-22)34(23(21)30)18-13-11-17(12-14-18)26(27,28)29/h4-5,9-16H,6-8,30H2,1-3H3,(H,31,35). The van der Waals surface area contributed by atoms with Gasteiger partial charge in [-0.2, -0.15) is 13.2 Å². The number of nitrogens with zero attached hydrogens (tertiary/aromatic N) is 3. The van der Waals surface area contributed by atoms with Crippen molar-refractivity contribution in [3.63, 3.8) is 0 Å². The first-order valence-electron chi connectivity index (χ1n) is 11.6. The smallest absolute Gasteiger partial charge is 0.384 e. The normalized spacial score (nSPS) is 13.0. The second-order valence-electron chi connectivity index (χ2n) is 9.22. The lowest BCUT2D eigenvalue weighted by molar-refractivity contribution is -0.137. The number of nitrogens with two attached hydrogens (primary N) is 1. The summed E-state index contributed by atoms with van der Waals surface area (Å²) >= 11 is 0. The van der Waals surface area contributed by atoms with E-state index >= 15 is 0 Å². The number of hydrogen-bond acceptors (Lipinski definition) is 4.